The molecule has 0 fully saturated rings. The van der Waals surface area contributed by atoms with Gasteiger partial charge in [-0.2, -0.15) is 13.2 Å². The molecule has 1 aromatic carbocycles. The molecule has 1 aliphatic rings. The number of hydrogen-bond acceptors (Lipinski definition) is 4. The normalized spacial score (nSPS) is 14.0. The molecule has 1 aromatic rings. The summed E-state index contributed by atoms with van der Waals surface area (Å²) in [6, 6.07) is 4.35. The second kappa shape index (κ2) is 6.85. The molecule has 7 nitrogen and oxygen atoms in total. The molecule has 0 unspecified atom stereocenters. The summed E-state index contributed by atoms with van der Waals surface area (Å²) in [7, 11) is 0. The van der Waals surface area contributed by atoms with Crippen LogP contribution in [0.1, 0.15) is 17.5 Å². The monoisotopic (exact) mass is 345 g/mol. The van der Waals surface area contributed by atoms with Crippen LogP contribution in [0.4, 0.5) is 18.9 Å². The summed E-state index contributed by atoms with van der Waals surface area (Å²) in [4.78, 5) is 34.9. The van der Waals surface area contributed by atoms with Gasteiger partial charge in [0.05, 0.1) is 4.92 Å². The van der Waals surface area contributed by atoms with E-state index in [0.29, 0.717) is 18.5 Å². The first-order valence-corrected chi connectivity index (χ1v) is 7.03. The lowest BCUT2D eigenvalue weighted by molar-refractivity contribution is -0.385. The minimum atomic E-state index is -4.54. The molecule has 0 aliphatic carbocycles. The number of nitrogens with zero attached hydrogens (tertiary/aromatic N) is 2. The van der Waals surface area contributed by atoms with Crippen molar-refractivity contribution in [1.29, 1.82) is 0 Å². The van der Waals surface area contributed by atoms with E-state index in [1.165, 1.54) is 17.0 Å². The molecule has 1 heterocycles. The van der Waals surface area contributed by atoms with E-state index in [1.54, 1.807) is 11.4 Å². The average molecular weight is 345 g/mol. The highest BCUT2D eigenvalue weighted by Gasteiger charge is 2.29. The van der Waals surface area contributed by atoms with Crippen molar-refractivity contribution in [3.05, 3.63) is 39.4 Å². The van der Waals surface area contributed by atoms with Gasteiger partial charge in [-0.25, -0.2) is 0 Å². The predicted octanol–water partition coefficient (Wildman–Crippen LogP) is 1.55. The van der Waals surface area contributed by atoms with E-state index in [-0.39, 0.29) is 12.2 Å². The lowest BCUT2D eigenvalue weighted by Gasteiger charge is -2.28. The molecule has 0 aromatic heterocycles. The Labute approximate surface area is 134 Å². The number of nitro benzene ring substituents is 1. The summed E-state index contributed by atoms with van der Waals surface area (Å²) in [5.74, 6) is -1.63. The van der Waals surface area contributed by atoms with Crippen molar-refractivity contribution in [2.45, 2.75) is 25.6 Å². The van der Waals surface area contributed by atoms with Crippen LogP contribution in [-0.4, -0.2) is 40.9 Å². The van der Waals surface area contributed by atoms with Crippen molar-refractivity contribution in [2.75, 3.05) is 13.1 Å². The molecule has 0 spiro atoms. The van der Waals surface area contributed by atoms with Gasteiger partial charge in [0.2, 0.25) is 11.8 Å². The lowest BCUT2D eigenvalue weighted by Crippen LogP contribution is -2.40. The van der Waals surface area contributed by atoms with Crippen molar-refractivity contribution < 1.29 is 27.7 Å². The molecule has 10 heteroatoms. The molecule has 0 saturated carbocycles. The summed E-state index contributed by atoms with van der Waals surface area (Å²) in [6.45, 7) is -1.10. The third kappa shape index (κ3) is 4.67. The second-order valence-corrected chi connectivity index (χ2v) is 5.34. The van der Waals surface area contributed by atoms with Gasteiger partial charge in [0.25, 0.3) is 5.69 Å². The quantitative estimate of drug-likeness (QED) is 0.509. The smallest absolute Gasteiger partial charge is 0.347 e. The largest absolute Gasteiger partial charge is 0.405 e. The van der Waals surface area contributed by atoms with Gasteiger partial charge in [0, 0.05) is 25.2 Å². The number of carbonyl (C=O) groups excluding carboxylic acids is 2. The van der Waals surface area contributed by atoms with E-state index in [0.717, 1.165) is 5.56 Å². The molecule has 0 atom stereocenters. The molecule has 24 heavy (non-hydrogen) atoms. The first kappa shape index (κ1) is 17.7. The van der Waals surface area contributed by atoms with Crippen LogP contribution in [0.3, 0.4) is 0 Å². The first-order valence-electron chi connectivity index (χ1n) is 7.03. The highest BCUT2D eigenvalue weighted by Crippen LogP contribution is 2.24. The van der Waals surface area contributed by atoms with Crippen LogP contribution in [0.15, 0.2) is 18.2 Å². The minimum absolute atomic E-state index is 0.0857. The molecule has 0 saturated heterocycles. The third-order valence-electron chi connectivity index (χ3n) is 3.56. The zero-order valence-electron chi connectivity index (χ0n) is 12.4. The Kier molecular flexibility index (Phi) is 5.05. The van der Waals surface area contributed by atoms with Crippen LogP contribution >= 0.6 is 0 Å². The number of nitrogens with one attached hydrogen (secondary N) is 1. The van der Waals surface area contributed by atoms with Gasteiger partial charge in [-0.15, -0.1) is 0 Å². The maximum absolute atomic E-state index is 12.0. The average Bonchev–Trinajstić information content (AvgIpc) is 2.51. The summed E-state index contributed by atoms with van der Waals surface area (Å²) < 4.78 is 36.0. The Balaban J connectivity index is 1.96. The molecular formula is C14H14F3N3O4. The van der Waals surface area contributed by atoms with Crippen LogP contribution in [0.5, 0.6) is 0 Å². The SMILES string of the molecule is O=C(CC(=O)N1CCc2ccc([N+](=O)[O-])cc2C1)NCC(F)(F)F. The topological polar surface area (TPSA) is 92.5 Å². The van der Waals surface area contributed by atoms with Crippen LogP contribution in [-0.2, 0) is 22.6 Å². The van der Waals surface area contributed by atoms with Crippen molar-refractivity contribution in [2.24, 2.45) is 0 Å². The zero-order valence-corrected chi connectivity index (χ0v) is 12.4. The fourth-order valence-electron chi connectivity index (χ4n) is 2.38. The van der Waals surface area contributed by atoms with E-state index in [1.807, 2.05) is 0 Å². The summed E-state index contributed by atoms with van der Waals surface area (Å²) >= 11 is 0. The highest BCUT2D eigenvalue weighted by atomic mass is 19.4. The van der Waals surface area contributed by atoms with Gasteiger partial charge in [-0.3, -0.25) is 19.7 Å². The van der Waals surface area contributed by atoms with Crippen LogP contribution < -0.4 is 5.32 Å². The Morgan fingerprint density at radius 3 is 2.62 bits per heavy atom. The number of fused-ring (bicyclic) bond motifs is 1. The first-order chi connectivity index (χ1) is 11.2. The Morgan fingerprint density at radius 2 is 2.00 bits per heavy atom. The number of halogens is 3. The van der Waals surface area contributed by atoms with Crippen molar-refractivity contribution in [3.63, 3.8) is 0 Å². The van der Waals surface area contributed by atoms with Crippen molar-refractivity contribution >= 4 is 17.5 Å². The maximum atomic E-state index is 12.0. The van der Waals surface area contributed by atoms with E-state index < -0.39 is 35.9 Å². The summed E-state index contributed by atoms with van der Waals surface area (Å²) in [5, 5.41) is 12.4. The van der Waals surface area contributed by atoms with Crippen molar-refractivity contribution in [3.8, 4) is 0 Å². The van der Waals surface area contributed by atoms with E-state index in [2.05, 4.69) is 0 Å². The fourth-order valence-corrected chi connectivity index (χ4v) is 2.38. The molecule has 2 rings (SSSR count). The Bertz CT molecular complexity index is 676. The molecule has 1 N–H and O–H groups in total. The fraction of sp³-hybridized carbons (Fsp3) is 0.429. The van der Waals surface area contributed by atoms with Gasteiger partial charge in [-0.05, 0) is 17.5 Å². The molecular weight excluding hydrogens is 331 g/mol. The second-order valence-electron chi connectivity index (χ2n) is 5.34. The van der Waals surface area contributed by atoms with E-state index in [9.17, 15) is 32.9 Å². The highest BCUT2D eigenvalue weighted by molar-refractivity contribution is 5.97. The van der Waals surface area contributed by atoms with Gasteiger partial charge < -0.3 is 10.2 Å². The van der Waals surface area contributed by atoms with Gasteiger partial charge in [0.15, 0.2) is 0 Å². The molecule has 130 valence electrons. The summed E-state index contributed by atoms with van der Waals surface area (Å²) in [6.07, 6.45) is -4.77. The van der Waals surface area contributed by atoms with E-state index >= 15 is 0 Å². The number of benzene rings is 1. The number of nitro groups is 1. The predicted molar refractivity (Wildman–Crippen MR) is 75.9 cm³/mol. The number of non-ortho nitro benzene ring substituents is 1. The molecule has 1 aliphatic heterocycles. The molecule has 2 amide bonds. The number of hydrogen-bond donors (Lipinski definition) is 1. The number of rotatable bonds is 4. The standard InChI is InChI=1S/C14H14F3N3O4/c15-14(16,17)8-18-12(21)6-13(22)19-4-3-9-1-2-11(20(23)24)5-10(9)7-19/h1-2,5H,3-4,6-8H2,(H,18,21). The number of alkyl halides is 3. The van der Waals surface area contributed by atoms with Crippen LogP contribution in [0.25, 0.3) is 0 Å². The Morgan fingerprint density at radius 1 is 1.29 bits per heavy atom. The van der Waals surface area contributed by atoms with E-state index in [4.69, 9.17) is 0 Å². The van der Waals surface area contributed by atoms with Crippen LogP contribution in [0.2, 0.25) is 0 Å². The zero-order chi connectivity index (χ0) is 17.9. The van der Waals surface area contributed by atoms with Crippen molar-refractivity contribution in [1.82, 2.24) is 10.2 Å². The number of carbonyl (C=O) groups is 2. The van der Waals surface area contributed by atoms with Gasteiger partial charge in [-0.1, -0.05) is 6.07 Å². The van der Waals surface area contributed by atoms with Crippen LogP contribution in [0, 0.1) is 10.1 Å². The maximum Gasteiger partial charge on any atom is 0.405 e. The third-order valence-corrected chi connectivity index (χ3v) is 3.56. The lowest BCUT2D eigenvalue weighted by atomic mass is 9.99. The summed E-state index contributed by atoms with van der Waals surface area (Å²) in [5.41, 5.74) is 1.36. The number of amides is 2. The van der Waals surface area contributed by atoms with Gasteiger partial charge in [0.1, 0.15) is 13.0 Å². The molecule has 0 radical (unpaired) electrons. The Hall–Kier alpha value is -2.65. The van der Waals surface area contributed by atoms with Gasteiger partial charge >= 0.3 is 6.18 Å². The molecule has 0 bridgehead atoms. The minimum Gasteiger partial charge on any atom is -0.347 e.